The van der Waals surface area contributed by atoms with Crippen LogP contribution in [0.25, 0.3) is 0 Å². The van der Waals surface area contributed by atoms with Crippen molar-refractivity contribution in [3.8, 4) is 11.5 Å². The first-order chi connectivity index (χ1) is 9.40. The van der Waals surface area contributed by atoms with E-state index in [0.717, 1.165) is 18.2 Å². The Kier molecular flexibility index (Phi) is 3.99. The van der Waals surface area contributed by atoms with Crippen LogP contribution in [0.5, 0.6) is 11.5 Å². The monoisotopic (exact) mass is 300 g/mol. The topological polar surface area (TPSA) is 26.3 Å². The average Bonchev–Trinajstić information content (AvgIpc) is 2.40. The van der Waals surface area contributed by atoms with Crippen LogP contribution in [0.3, 0.4) is 0 Å². The second-order valence-electron chi connectivity index (χ2n) is 3.92. The van der Waals surface area contributed by atoms with Gasteiger partial charge in [-0.1, -0.05) is 11.6 Å². The van der Waals surface area contributed by atoms with Crippen LogP contribution in [-0.4, -0.2) is 6.29 Å². The summed E-state index contributed by atoms with van der Waals surface area (Å²) in [5.74, 6) is 0.133. The molecule has 0 atom stereocenters. The van der Waals surface area contributed by atoms with E-state index in [1.165, 1.54) is 24.3 Å². The zero-order valence-corrected chi connectivity index (χ0v) is 10.7. The van der Waals surface area contributed by atoms with E-state index in [1.807, 2.05) is 0 Å². The molecule has 0 N–H and O–H groups in total. The Labute approximate surface area is 117 Å². The molecule has 0 saturated heterocycles. The molecule has 0 aliphatic carbocycles. The number of carbonyl (C=O) groups is 1. The molecule has 0 aliphatic rings. The average molecular weight is 301 g/mol. The molecule has 0 spiro atoms. The van der Waals surface area contributed by atoms with Gasteiger partial charge < -0.3 is 4.74 Å². The minimum Gasteiger partial charge on any atom is -0.457 e. The summed E-state index contributed by atoms with van der Waals surface area (Å²) in [6.07, 6.45) is -4.06. The molecule has 2 rings (SSSR count). The molecule has 0 bridgehead atoms. The molecule has 0 aromatic heterocycles. The number of aldehydes is 1. The molecule has 20 heavy (non-hydrogen) atoms. The molecule has 0 radical (unpaired) electrons. The first-order valence-corrected chi connectivity index (χ1v) is 5.88. The predicted octanol–water partition coefficient (Wildman–Crippen LogP) is 4.96. The molecule has 0 saturated carbocycles. The smallest absolute Gasteiger partial charge is 0.416 e. The van der Waals surface area contributed by atoms with Gasteiger partial charge in [0.05, 0.1) is 11.1 Å². The Balaban J connectivity index is 2.38. The molecule has 2 nitrogen and oxygen atoms in total. The largest absolute Gasteiger partial charge is 0.457 e. The van der Waals surface area contributed by atoms with Gasteiger partial charge in [0.1, 0.15) is 11.5 Å². The number of carbonyl (C=O) groups excluding carboxylic acids is 1. The normalized spacial score (nSPS) is 11.2. The van der Waals surface area contributed by atoms with Gasteiger partial charge in [0.2, 0.25) is 0 Å². The van der Waals surface area contributed by atoms with Gasteiger partial charge in [0.15, 0.2) is 6.29 Å². The lowest BCUT2D eigenvalue weighted by Gasteiger charge is -2.12. The highest BCUT2D eigenvalue weighted by Crippen LogP contribution is 2.34. The zero-order chi connectivity index (χ0) is 14.8. The number of hydrogen-bond acceptors (Lipinski definition) is 2. The maximum atomic E-state index is 12.6. The number of alkyl halides is 3. The van der Waals surface area contributed by atoms with Gasteiger partial charge in [-0.25, -0.2) is 0 Å². The summed E-state index contributed by atoms with van der Waals surface area (Å²) >= 11 is 5.70. The van der Waals surface area contributed by atoms with Gasteiger partial charge in [-0.2, -0.15) is 13.2 Å². The Hall–Kier alpha value is -2.01. The fourth-order valence-corrected chi connectivity index (χ4v) is 1.65. The third-order valence-corrected chi connectivity index (χ3v) is 2.76. The van der Waals surface area contributed by atoms with Crippen LogP contribution in [0.1, 0.15) is 15.9 Å². The van der Waals surface area contributed by atoms with Crippen LogP contribution >= 0.6 is 11.6 Å². The molecule has 104 valence electrons. The predicted molar refractivity (Wildman–Crippen MR) is 68.4 cm³/mol. The molecule has 2 aromatic carbocycles. The van der Waals surface area contributed by atoms with E-state index >= 15 is 0 Å². The lowest BCUT2D eigenvalue weighted by Crippen LogP contribution is -2.05. The molecule has 6 heteroatoms. The van der Waals surface area contributed by atoms with Crippen LogP contribution in [-0.2, 0) is 6.18 Å². The fourth-order valence-electron chi connectivity index (χ4n) is 1.53. The molecular formula is C14H8ClF3O2. The number of rotatable bonds is 3. The van der Waals surface area contributed by atoms with Crippen molar-refractivity contribution in [3.63, 3.8) is 0 Å². The summed E-state index contributed by atoms with van der Waals surface area (Å²) in [6, 6.07) is 8.75. The lowest BCUT2D eigenvalue weighted by molar-refractivity contribution is -0.137. The van der Waals surface area contributed by atoms with Crippen LogP contribution in [0, 0.1) is 0 Å². The zero-order valence-electron chi connectivity index (χ0n) is 9.95. The lowest BCUT2D eigenvalue weighted by atomic mass is 10.1. The summed E-state index contributed by atoms with van der Waals surface area (Å²) in [5, 5.41) is 0.469. The number of benzene rings is 2. The van der Waals surface area contributed by atoms with Crippen molar-refractivity contribution in [2.24, 2.45) is 0 Å². The Bertz CT molecular complexity index is 621. The van der Waals surface area contributed by atoms with Gasteiger partial charge >= 0.3 is 6.18 Å². The van der Waals surface area contributed by atoms with Gasteiger partial charge in [-0.3, -0.25) is 4.79 Å². The minimum absolute atomic E-state index is 0.0351. The molecule has 0 aliphatic heterocycles. The summed E-state index contributed by atoms with van der Waals surface area (Å²) in [6.45, 7) is 0. The van der Waals surface area contributed by atoms with Crippen molar-refractivity contribution in [2.45, 2.75) is 6.18 Å². The second kappa shape index (κ2) is 5.54. The SMILES string of the molecule is O=Cc1ccc(C(F)(F)F)cc1Oc1ccc(Cl)cc1. The molecular weight excluding hydrogens is 293 g/mol. The Morgan fingerprint density at radius 2 is 1.70 bits per heavy atom. The standard InChI is InChI=1S/C14H8ClF3O2/c15-11-3-5-12(6-4-11)20-13-7-10(14(16,17)18)2-1-9(13)8-19/h1-8H. The van der Waals surface area contributed by atoms with E-state index in [2.05, 4.69) is 0 Å². The molecule has 0 amide bonds. The molecule has 0 heterocycles. The number of hydrogen-bond donors (Lipinski definition) is 0. The maximum absolute atomic E-state index is 12.6. The summed E-state index contributed by atoms with van der Waals surface area (Å²) in [4.78, 5) is 10.9. The van der Waals surface area contributed by atoms with Crippen molar-refractivity contribution in [2.75, 3.05) is 0 Å². The molecule has 0 unspecified atom stereocenters. The van der Waals surface area contributed by atoms with Crippen molar-refractivity contribution in [1.29, 1.82) is 0 Å². The number of ether oxygens (including phenoxy) is 1. The van der Waals surface area contributed by atoms with Gasteiger partial charge in [0.25, 0.3) is 0 Å². The highest BCUT2D eigenvalue weighted by molar-refractivity contribution is 6.30. The fraction of sp³-hybridized carbons (Fsp3) is 0.0714. The van der Waals surface area contributed by atoms with Gasteiger partial charge in [-0.15, -0.1) is 0 Å². The Morgan fingerprint density at radius 1 is 1.05 bits per heavy atom. The van der Waals surface area contributed by atoms with E-state index in [-0.39, 0.29) is 17.1 Å². The first kappa shape index (κ1) is 14.4. The molecule has 0 fully saturated rings. The maximum Gasteiger partial charge on any atom is 0.416 e. The quantitative estimate of drug-likeness (QED) is 0.749. The van der Waals surface area contributed by atoms with Gasteiger partial charge in [-0.05, 0) is 42.5 Å². The van der Waals surface area contributed by atoms with Crippen LogP contribution in [0.4, 0.5) is 13.2 Å². The van der Waals surface area contributed by atoms with Crippen LogP contribution < -0.4 is 4.74 Å². The minimum atomic E-state index is -4.50. The summed E-state index contributed by atoms with van der Waals surface area (Å²) < 4.78 is 43.2. The van der Waals surface area contributed by atoms with Crippen molar-refractivity contribution < 1.29 is 22.7 Å². The van der Waals surface area contributed by atoms with Crippen molar-refractivity contribution in [1.82, 2.24) is 0 Å². The summed E-state index contributed by atoms with van der Waals surface area (Å²) in [5.41, 5.74) is -0.847. The first-order valence-electron chi connectivity index (χ1n) is 5.50. The van der Waals surface area contributed by atoms with Crippen molar-refractivity contribution >= 4 is 17.9 Å². The highest BCUT2D eigenvalue weighted by atomic mass is 35.5. The van der Waals surface area contributed by atoms with E-state index in [1.54, 1.807) is 0 Å². The third kappa shape index (κ3) is 3.30. The second-order valence-corrected chi connectivity index (χ2v) is 4.36. The highest BCUT2D eigenvalue weighted by Gasteiger charge is 2.31. The van der Waals surface area contributed by atoms with Crippen LogP contribution in [0.15, 0.2) is 42.5 Å². The van der Waals surface area contributed by atoms with Gasteiger partial charge in [0, 0.05) is 5.02 Å². The summed E-state index contributed by atoms with van der Waals surface area (Å²) in [7, 11) is 0. The van der Waals surface area contributed by atoms with E-state index in [0.29, 0.717) is 11.3 Å². The third-order valence-electron chi connectivity index (χ3n) is 2.51. The number of halogens is 4. The van der Waals surface area contributed by atoms with Crippen LogP contribution in [0.2, 0.25) is 5.02 Å². The van der Waals surface area contributed by atoms with E-state index in [4.69, 9.17) is 16.3 Å². The van der Waals surface area contributed by atoms with E-state index < -0.39 is 11.7 Å². The molecule has 2 aromatic rings. The van der Waals surface area contributed by atoms with E-state index in [9.17, 15) is 18.0 Å². The Morgan fingerprint density at radius 3 is 2.25 bits per heavy atom. The van der Waals surface area contributed by atoms with Crippen molar-refractivity contribution in [3.05, 3.63) is 58.6 Å².